The van der Waals surface area contributed by atoms with E-state index < -0.39 is 0 Å². The van der Waals surface area contributed by atoms with E-state index in [2.05, 4.69) is 23.9 Å². The number of rotatable bonds is 5. The number of oxime groups is 1. The Kier molecular flexibility index (Phi) is 5.88. The fourth-order valence-corrected chi connectivity index (χ4v) is 3.99. The predicted octanol–water partition coefficient (Wildman–Crippen LogP) is 2.72. The summed E-state index contributed by atoms with van der Waals surface area (Å²) < 4.78 is 6.20. The number of ether oxygens (including phenoxy) is 1. The molecule has 0 radical (unpaired) electrons. The maximum Gasteiger partial charge on any atom is 0.140 e. The summed E-state index contributed by atoms with van der Waals surface area (Å²) in [5, 5.41) is 11.8. The average Bonchev–Trinajstić information content (AvgIpc) is 2.47. The van der Waals surface area contributed by atoms with Crippen LogP contribution in [0.5, 0.6) is 0 Å². The minimum atomic E-state index is 0.130. The van der Waals surface area contributed by atoms with Crippen LogP contribution in [-0.2, 0) is 4.74 Å². The summed E-state index contributed by atoms with van der Waals surface area (Å²) in [6, 6.07) is 1.03. The molecule has 2 rings (SSSR count). The van der Waals surface area contributed by atoms with Gasteiger partial charge in [-0.05, 0) is 39.5 Å². The summed E-state index contributed by atoms with van der Waals surface area (Å²) >= 11 is 0. The predicted molar refractivity (Wildman–Crippen MR) is 84.7 cm³/mol. The Balaban J connectivity index is 1.98. The molecule has 0 bridgehead atoms. The van der Waals surface area contributed by atoms with Crippen LogP contribution in [0.1, 0.15) is 65.2 Å². The lowest BCUT2D eigenvalue weighted by Gasteiger charge is -2.47. The lowest BCUT2D eigenvalue weighted by Crippen LogP contribution is -2.52. The van der Waals surface area contributed by atoms with Crippen LogP contribution in [0.4, 0.5) is 0 Å². The normalized spacial score (nSPS) is 26.7. The molecule has 1 saturated heterocycles. The highest BCUT2D eigenvalue weighted by Crippen LogP contribution is 2.40. The Morgan fingerprint density at radius 1 is 1.38 bits per heavy atom. The Morgan fingerprint density at radius 2 is 2.10 bits per heavy atom. The summed E-state index contributed by atoms with van der Waals surface area (Å²) in [7, 11) is 0. The summed E-state index contributed by atoms with van der Waals surface area (Å²) in [4.78, 5) is 2.51. The van der Waals surface area contributed by atoms with E-state index in [9.17, 15) is 0 Å². The van der Waals surface area contributed by atoms with E-state index in [1.165, 1.54) is 32.1 Å². The van der Waals surface area contributed by atoms with Gasteiger partial charge < -0.3 is 15.7 Å². The Morgan fingerprint density at radius 3 is 2.71 bits per heavy atom. The van der Waals surface area contributed by atoms with Gasteiger partial charge in [-0.3, -0.25) is 4.90 Å². The molecule has 1 unspecified atom stereocenters. The third kappa shape index (κ3) is 4.33. The zero-order valence-corrected chi connectivity index (χ0v) is 13.6. The standard InChI is InChI=1S/C16H31N3O2/c1-13(2)19(10-6-15(17)18-20)14-7-11-21-16(12-14)8-4-3-5-9-16/h13-14,20H,3-12H2,1-2H3,(H2,17,18). The van der Waals surface area contributed by atoms with E-state index in [0.29, 0.717) is 24.3 Å². The molecule has 3 N–H and O–H groups in total. The van der Waals surface area contributed by atoms with Crippen molar-refractivity contribution in [2.75, 3.05) is 13.2 Å². The molecule has 5 nitrogen and oxygen atoms in total. The van der Waals surface area contributed by atoms with Gasteiger partial charge in [0.1, 0.15) is 5.84 Å². The summed E-state index contributed by atoms with van der Waals surface area (Å²) in [5.74, 6) is 0.320. The van der Waals surface area contributed by atoms with Crippen molar-refractivity contribution in [1.82, 2.24) is 4.90 Å². The first-order chi connectivity index (χ1) is 10.1. The van der Waals surface area contributed by atoms with Crippen LogP contribution in [0, 0.1) is 0 Å². The van der Waals surface area contributed by atoms with Crippen LogP contribution in [0.25, 0.3) is 0 Å². The van der Waals surface area contributed by atoms with Crippen molar-refractivity contribution in [3.05, 3.63) is 0 Å². The minimum Gasteiger partial charge on any atom is -0.409 e. The van der Waals surface area contributed by atoms with Crippen molar-refractivity contribution in [2.24, 2.45) is 10.9 Å². The van der Waals surface area contributed by atoms with Gasteiger partial charge in [0.15, 0.2) is 0 Å². The molecule has 1 saturated carbocycles. The van der Waals surface area contributed by atoms with E-state index in [0.717, 1.165) is 26.0 Å². The zero-order valence-electron chi connectivity index (χ0n) is 13.6. The van der Waals surface area contributed by atoms with Gasteiger partial charge in [0.05, 0.1) is 5.60 Å². The quantitative estimate of drug-likeness (QED) is 0.354. The summed E-state index contributed by atoms with van der Waals surface area (Å²) in [6.07, 6.45) is 9.26. The first kappa shape index (κ1) is 16.6. The van der Waals surface area contributed by atoms with Gasteiger partial charge in [-0.2, -0.15) is 0 Å². The molecule has 1 aliphatic heterocycles. The molecule has 1 aliphatic carbocycles. The van der Waals surface area contributed by atoms with Gasteiger partial charge in [0, 0.05) is 31.7 Å². The van der Waals surface area contributed by atoms with Crippen LogP contribution in [-0.4, -0.2) is 46.8 Å². The van der Waals surface area contributed by atoms with Gasteiger partial charge >= 0.3 is 0 Å². The van der Waals surface area contributed by atoms with Gasteiger partial charge in [0.2, 0.25) is 0 Å². The molecule has 2 aliphatic rings. The second-order valence-corrected chi connectivity index (χ2v) is 6.91. The molecule has 1 spiro atoms. The van der Waals surface area contributed by atoms with Crippen molar-refractivity contribution < 1.29 is 9.94 Å². The van der Waals surface area contributed by atoms with Gasteiger partial charge in [0.25, 0.3) is 0 Å². The van der Waals surface area contributed by atoms with E-state index >= 15 is 0 Å². The molecule has 5 heteroatoms. The van der Waals surface area contributed by atoms with E-state index in [1.54, 1.807) is 0 Å². The molecular formula is C16H31N3O2. The van der Waals surface area contributed by atoms with Crippen LogP contribution in [0.15, 0.2) is 5.16 Å². The smallest absolute Gasteiger partial charge is 0.140 e. The Bertz CT molecular complexity index is 346. The minimum absolute atomic E-state index is 0.130. The van der Waals surface area contributed by atoms with Crippen LogP contribution in [0.2, 0.25) is 0 Å². The first-order valence-electron chi connectivity index (χ1n) is 8.42. The van der Waals surface area contributed by atoms with Crippen molar-refractivity contribution in [2.45, 2.75) is 82.9 Å². The highest BCUT2D eigenvalue weighted by Gasteiger charge is 2.40. The van der Waals surface area contributed by atoms with Gasteiger partial charge in [-0.1, -0.05) is 24.4 Å². The van der Waals surface area contributed by atoms with E-state index in [4.69, 9.17) is 15.7 Å². The van der Waals surface area contributed by atoms with Gasteiger partial charge in [-0.15, -0.1) is 0 Å². The number of hydrogen-bond donors (Lipinski definition) is 2. The molecule has 0 amide bonds. The number of hydrogen-bond acceptors (Lipinski definition) is 4. The van der Waals surface area contributed by atoms with Crippen LogP contribution in [0.3, 0.4) is 0 Å². The largest absolute Gasteiger partial charge is 0.409 e. The fourth-order valence-electron chi connectivity index (χ4n) is 3.99. The molecular weight excluding hydrogens is 266 g/mol. The second kappa shape index (κ2) is 7.45. The average molecular weight is 297 g/mol. The Labute approximate surface area is 128 Å². The number of nitrogens with two attached hydrogens (primary N) is 1. The fraction of sp³-hybridized carbons (Fsp3) is 0.938. The molecule has 21 heavy (non-hydrogen) atoms. The number of nitrogens with zero attached hydrogens (tertiary/aromatic N) is 2. The molecule has 1 atom stereocenters. The van der Waals surface area contributed by atoms with E-state index in [1.807, 2.05) is 0 Å². The topological polar surface area (TPSA) is 71.1 Å². The first-order valence-corrected chi connectivity index (χ1v) is 8.42. The third-order valence-electron chi connectivity index (χ3n) is 5.12. The molecule has 1 heterocycles. The number of amidine groups is 1. The highest BCUT2D eigenvalue weighted by atomic mass is 16.5. The summed E-state index contributed by atoms with van der Waals surface area (Å²) in [5.41, 5.74) is 5.77. The maximum absolute atomic E-state index is 8.72. The van der Waals surface area contributed by atoms with Crippen LogP contribution >= 0.6 is 0 Å². The van der Waals surface area contributed by atoms with Crippen molar-refractivity contribution in [3.8, 4) is 0 Å². The zero-order chi connectivity index (χ0) is 15.3. The summed E-state index contributed by atoms with van der Waals surface area (Å²) in [6.45, 7) is 6.19. The molecule has 0 aromatic heterocycles. The molecule has 0 aromatic rings. The van der Waals surface area contributed by atoms with Crippen molar-refractivity contribution in [1.29, 1.82) is 0 Å². The third-order valence-corrected chi connectivity index (χ3v) is 5.12. The second-order valence-electron chi connectivity index (χ2n) is 6.91. The highest BCUT2D eigenvalue weighted by molar-refractivity contribution is 5.79. The monoisotopic (exact) mass is 297 g/mol. The van der Waals surface area contributed by atoms with Crippen molar-refractivity contribution >= 4 is 5.84 Å². The van der Waals surface area contributed by atoms with Crippen LogP contribution < -0.4 is 5.73 Å². The SMILES string of the molecule is CC(C)N(CCC(N)=NO)C1CCOC2(CCCCC2)C1. The van der Waals surface area contributed by atoms with Crippen molar-refractivity contribution in [3.63, 3.8) is 0 Å². The maximum atomic E-state index is 8.72. The van der Waals surface area contributed by atoms with Gasteiger partial charge in [-0.25, -0.2) is 0 Å². The lowest BCUT2D eigenvalue weighted by molar-refractivity contribution is -0.126. The molecule has 2 fully saturated rings. The lowest BCUT2D eigenvalue weighted by atomic mass is 9.77. The molecule has 0 aromatic carbocycles. The van der Waals surface area contributed by atoms with E-state index in [-0.39, 0.29) is 5.60 Å². The Hall–Kier alpha value is -0.810. The molecule has 122 valence electrons.